The Balaban J connectivity index is 2.31. The molecule has 3 heteroatoms. The van der Waals surface area contributed by atoms with E-state index in [0.29, 0.717) is 10.9 Å². The largest absolute Gasteiger partial charge is 0.393 e. The fourth-order valence-electron chi connectivity index (χ4n) is 0.965. The van der Waals surface area contributed by atoms with Gasteiger partial charge in [0.2, 0.25) is 0 Å². The van der Waals surface area contributed by atoms with Crippen LogP contribution < -0.4 is 5.73 Å². The molecule has 1 aliphatic heterocycles. The van der Waals surface area contributed by atoms with Crippen molar-refractivity contribution < 1.29 is 0 Å². The Morgan fingerprint density at radius 1 is 1.67 bits per heavy atom. The Morgan fingerprint density at radius 2 is 2.44 bits per heavy atom. The lowest BCUT2D eigenvalue weighted by Crippen LogP contribution is -2.25. The standard InChI is InChI=1S/C6H11NS2/c7-6(8)5-2-1-3-9-4-5/h5H,1-4H2,(H2,7,8). The van der Waals surface area contributed by atoms with Crippen molar-refractivity contribution in [1.82, 2.24) is 0 Å². The normalized spacial score (nSPS) is 27.8. The molecule has 0 bridgehead atoms. The molecule has 1 saturated heterocycles. The summed E-state index contributed by atoms with van der Waals surface area (Å²) in [6, 6.07) is 0. The van der Waals surface area contributed by atoms with Gasteiger partial charge in [-0.3, -0.25) is 0 Å². The molecule has 1 fully saturated rings. The first kappa shape index (κ1) is 7.35. The SMILES string of the molecule is NC(=S)C1CCCSC1. The number of thiocarbonyl (C=S) groups is 1. The third-order valence-electron chi connectivity index (χ3n) is 1.56. The topological polar surface area (TPSA) is 26.0 Å². The third kappa shape index (κ3) is 2.14. The smallest absolute Gasteiger partial charge is 0.0767 e. The van der Waals surface area contributed by atoms with E-state index in [1.54, 1.807) is 0 Å². The highest BCUT2D eigenvalue weighted by atomic mass is 32.2. The summed E-state index contributed by atoms with van der Waals surface area (Å²) in [5.41, 5.74) is 5.49. The van der Waals surface area contributed by atoms with Gasteiger partial charge in [-0.2, -0.15) is 11.8 Å². The van der Waals surface area contributed by atoms with Crippen LogP contribution >= 0.6 is 24.0 Å². The number of thioether (sulfide) groups is 1. The average Bonchev–Trinajstić information content (AvgIpc) is 1.90. The van der Waals surface area contributed by atoms with Gasteiger partial charge in [0.05, 0.1) is 4.99 Å². The minimum absolute atomic E-state index is 0.527. The predicted octanol–water partition coefficient (Wildman–Crippen LogP) is 1.42. The Labute approximate surface area is 65.4 Å². The van der Waals surface area contributed by atoms with Crippen LogP contribution in [0.1, 0.15) is 12.8 Å². The average molecular weight is 161 g/mol. The number of hydrogen-bond donors (Lipinski definition) is 1. The molecule has 1 unspecified atom stereocenters. The van der Waals surface area contributed by atoms with Crippen molar-refractivity contribution in [3.8, 4) is 0 Å². The van der Waals surface area contributed by atoms with Gasteiger partial charge in [0, 0.05) is 11.7 Å². The van der Waals surface area contributed by atoms with E-state index >= 15 is 0 Å². The van der Waals surface area contributed by atoms with Gasteiger partial charge < -0.3 is 5.73 Å². The van der Waals surface area contributed by atoms with Crippen LogP contribution in [-0.4, -0.2) is 16.5 Å². The Hall–Kier alpha value is 0.240. The van der Waals surface area contributed by atoms with Crippen LogP contribution in [0.25, 0.3) is 0 Å². The zero-order chi connectivity index (χ0) is 6.69. The second-order valence-corrected chi connectivity index (χ2v) is 3.94. The molecule has 9 heavy (non-hydrogen) atoms. The molecule has 1 rings (SSSR count). The quantitative estimate of drug-likeness (QED) is 0.589. The van der Waals surface area contributed by atoms with Gasteiger partial charge in [-0.15, -0.1) is 0 Å². The minimum Gasteiger partial charge on any atom is -0.393 e. The molecule has 1 nitrogen and oxygen atoms in total. The van der Waals surface area contributed by atoms with E-state index in [4.69, 9.17) is 18.0 Å². The van der Waals surface area contributed by atoms with E-state index < -0.39 is 0 Å². The fourth-order valence-corrected chi connectivity index (χ4v) is 2.44. The summed E-state index contributed by atoms with van der Waals surface area (Å²) in [7, 11) is 0. The molecule has 0 spiro atoms. The summed E-state index contributed by atoms with van der Waals surface area (Å²) < 4.78 is 0. The van der Waals surface area contributed by atoms with Crippen LogP contribution in [0.3, 0.4) is 0 Å². The van der Waals surface area contributed by atoms with Gasteiger partial charge in [0.25, 0.3) is 0 Å². The second kappa shape index (κ2) is 3.42. The van der Waals surface area contributed by atoms with Crippen LogP contribution in [0.5, 0.6) is 0 Å². The van der Waals surface area contributed by atoms with E-state index in [-0.39, 0.29) is 0 Å². The second-order valence-electron chi connectivity index (χ2n) is 2.32. The fraction of sp³-hybridized carbons (Fsp3) is 0.833. The van der Waals surface area contributed by atoms with E-state index in [2.05, 4.69) is 0 Å². The lowest BCUT2D eigenvalue weighted by molar-refractivity contribution is 0.664. The van der Waals surface area contributed by atoms with Crippen molar-refractivity contribution in [3.05, 3.63) is 0 Å². The summed E-state index contributed by atoms with van der Waals surface area (Å²) in [4.78, 5) is 0.710. The number of rotatable bonds is 1. The van der Waals surface area contributed by atoms with Gasteiger partial charge in [-0.05, 0) is 18.6 Å². The molecule has 0 aromatic carbocycles. The van der Waals surface area contributed by atoms with Gasteiger partial charge in [0.1, 0.15) is 0 Å². The molecule has 0 radical (unpaired) electrons. The molecule has 0 amide bonds. The van der Waals surface area contributed by atoms with Crippen LogP contribution in [0, 0.1) is 5.92 Å². The van der Waals surface area contributed by atoms with E-state index in [1.165, 1.54) is 18.6 Å². The molecule has 0 saturated carbocycles. The van der Waals surface area contributed by atoms with Crippen molar-refractivity contribution in [3.63, 3.8) is 0 Å². The van der Waals surface area contributed by atoms with Crippen molar-refractivity contribution in [2.24, 2.45) is 11.7 Å². The lowest BCUT2D eigenvalue weighted by Gasteiger charge is -2.19. The van der Waals surface area contributed by atoms with Gasteiger partial charge in [-0.1, -0.05) is 12.2 Å². The minimum atomic E-state index is 0.527. The summed E-state index contributed by atoms with van der Waals surface area (Å²) in [6.45, 7) is 0. The van der Waals surface area contributed by atoms with Crippen LogP contribution in [0.15, 0.2) is 0 Å². The molecular formula is C6H11NS2. The van der Waals surface area contributed by atoms with Gasteiger partial charge in [-0.25, -0.2) is 0 Å². The van der Waals surface area contributed by atoms with E-state index in [0.717, 1.165) is 5.75 Å². The first-order valence-corrected chi connectivity index (χ1v) is 4.74. The maximum atomic E-state index is 5.49. The predicted molar refractivity (Wildman–Crippen MR) is 46.8 cm³/mol. The highest BCUT2D eigenvalue weighted by Crippen LogP contribution is 2.22. The van der Waals surface area contributed by atoms with Crippen LogP contribution in [0.2, 0.25) is 0 Å². The number of nitrogens with two attached hydrogens (primary N) is 1. The molecule has 1 aliphatic rings. The van der Waals surface area contributed by atoms with Gasteiger partial charge in [0.15, 0.2) is 0 Å². The lowest BCUT2D eigenvalue weighted by atomic mass is 10.1. The first-order valence-electron chi connectivity index (χ1n) is 3.18. The highest BCUT2D eigenvalue weighted by Gasteiger charge is 2.15. The summed E-state index contributed by atoms with van der Waals surface area (Å²) in [6.07, 6.45) is 2.50. The maximum absolute atomic E-state index is 5.49. The van der Waals surface area contributed by atoms with E-state index in [1.807, 2.05) is 11.8 Å². The molecule has 0 aromatic rings. The summed E-state index contributed by atoms with van der Waals surface area (Å²) >= 11 is 6.84. The molecule has 52 valence electrons. The Morgan fingerprint density at radius 3 is 2.78 bits per heavy atom. The molecule has 1 atom stereocenters. The van der Waals surface area contributed by atoms with Crippen LogP contribution in [-0.2, 0) is 0 Å². The zero-order valence-corrected chi connectivity index (χ0v) is 6.93. The Kier molecular flexibility index (Phi) is 2.79. The zero-order valence-electron chi connectivity index (χ0n) is 5.30. The van der Waals surface area contributed by atoms with Crippen molar-refractivity contribution in [1.29, 1.82) is 0 Å². The monoisotopic (exact) mass is 161 g/mol. The molecule has 0 aromatic heterocycles. The van der Waals surface area contributed by atoms with Crippen molar-refractivity contribution >= 4 is 29.0 Å². The van der Waals surface area contributed by atoms with Crippen LogP contribution in [0.4, 0.5) is 0 Å². The van der Waals surface area contributed by atoms with Gasteiger partial charge >= 0.3 is 0 Å². The number of hydrogen-bond acceptors (Lipinski definition) is 2. The highest BCUT2D eigenvalue weighted by molar-refractivity contribution is 7.99. The molecule has 0 aliphatic carbocycles. The molecule has 2 N–H and O–H groups in total. The first-order chi connectivity index (χ1) is 4.30. The third-order valence-corrected chi connectivity index (χ3v) is 3.11. The molecular weight excluding hydrogens is 150 g/mol. The van der Waals surface area contributed by atoms with Crippen molar-refractivity contribution in [2.75, 3.05) is 11.5 Å². The Bertz CT molecular complexity index is 108. The summed E-state index contributed by atoms with van der Waals surface area (Å²) in [5, 5.41) is 0. The van der Waals surface area contributed by atoms with Crippen molar-refractivity contribution in [2.45, 2.75) is 12.8 Å². The maximum Gasteiger partial charge on any atom is 0.0767 e. The summed E-state index contributed by atoms with van der Waals surface area (Å²) in [5.74, 6) is 2.97. The molecule has 1 heterocycles. The van der Waals surface area contributed by atoms with E-state index in [9.17, 15) is 0 Å².